The second-order valence-electron chi connectivity index (χ2n) is 16.7. The number of Topliss-reactive ketones (excluding diaryl/α,β-unsaturated/α-hetero) is 3. The lowest BCUT2D eigenvalue weighted by molar-refractivity contribution is -0.0337. The molecule has 22 heteroatoms. The zero-order valence-corrected chi connectivity index (χ0v) is 44.2. The predicted octanol–water partition coefficient (Wildman–Crippen LogP) is 16.4. The number of thioether (sulfide) groups is 3. The van der Waals surface area contributed by atoms with Gasteiger partial charge in [-0.1, -0.05) is 71.2 Å². The molecule has 3 aliphatic rings. The number of alkyl halides is 9. The number of aldehydes is 1. The van der Waals surface area contributed by atoms with Gasteiger partial charge in [0, 0.05) is 66.3 Å². The van der Waals surface area contributed by atoms with E-state index in [1.165, 1.54) is 55.6 Å². The largest absolute Gasteiger partial charge is 0.495 e. The van der Waals surface area contributed by atoms with E-state index in [4.69, 9.17) is 44.3 Å². The first-order valence-electron chi connectivity index (χ1n) is 22.3. The summed E-state index contributed by atoms with van der Waals surface area (Å²) < 4.78 is 120. The molecule has 1 atom stereocenters. The molecule has 400 valence electrons. The van der Waals surface area contributed by atoms with Crippen LogP contribution in [0.15, 0.2) is 129 Å². The third kappa shape index (κ3) is 16.8. The van der Waals surface area contributed by atoms with Gasteiger partial charge in [-0.3, -0.25) is 19.2 Å². The lowest BCUT2D eigenvalue weighted by Crippen LogP contribution is -2.12. The van der Waals surface area contributed by atoms with Crippen LogP contribution in [-0.4, -0.2) is 59.5 Å². The molecule has 0 fully saturated rings. The third-order valence-electron chi connectivity index (χ3n) is 11.5. The van der Waals surface area contributed by atoms with Crippen molar-refractivity contribution >= 4 is 99.8 Å². The number of methoxy groups -OCH3 is 2. The number of carbonyl (C=O) groups is 4. The molecule has 0 aliphatic heterocycles. The van der Waals surface area contributed by atoms with E-state index in [9.17, 15) is 63.8 Å². The number of hydrogen-bond donors (Lipinski definition) is 1. The Morgan fingerprint density at radius 3 is 1.55 bits per heavy atom. The van der Waals surface area contributed by atoms with E-state index in [0.717, 1.165) is 34.2 Å². The number of ether oxygens (including phenoxy) is 2. The molecule has 0 saturated carbocycles. The van der Waals surface area contributed by atoms with Crippen molar-refractivity contribution in [3.8, 4) is 11.5 Å². The Morgan fingerprint density at radius 1 is 0.592 bits per heavy atom. The van der Waals surface area contributed by atoms with Crippen LogP contribution in [0.3, 0.4) is 0 Å². The molecule has 3 aliphatic carbocycles. The first-order valence-corrected chi connectivity index (χ1v) is 25.8. The van der Waals surface area contributed by atoms with Crippen LogP contribution in [0.5, 0.6) is 11.5 Å². The van der Waals surface area contributed by atoms with Crippen molar-refractivity contribution in [2.75, 3.05) is 14.2 Å². The highest BCUT2D eigenvalue weighted by atomic mass is 35.5. The van der Waals surface area contributed by atoms with Gasteiger partial charge < -0.3 is 14.6 Å². The van der Waals surface area contributed by atoms with E-state index in [1.54, 1.807) is 67.8 Å². The van der Waals surface area contributed by atoms with Crippen molar-refractivity contribution in [1.82, 2.24) is 0 Å². The fraction of sp³-hybridized carbons (Fsp3) is 0.222. The Labute approximate surface area is 457 Å². The molecular formula is C54H40Cl3F9O7S3. The Balaban J connectivity index is 0.000000172. The first-order chi connectivity index (χ1) is 35.8. The van der Waals surface area contributed by atoms with E-state index in [2.05, 4.69) is 0 Å². The van der Waals surface area contributed by atoms with Crippen molar-refractivity contribution in [3.63, 3.8) is 0 Å². The number of benzene rings is 6. The lowest BCUT2D eigenvalue weighted by atomic mass is 9.96. The first kappa shape index (κ1) is 59.8. The lowest BCUT2D eigenvalue weighted by Gasteiger charge is -2.09. The quantitative estimate of drug-likeness (QED) is 0.0617. The highest BCUT2D eigenvalue weighted by Crippen LogP contribution is 2.41. The normalized spacial score (nSPS) is 15.1. The van der Waals surface area contributed by atoms with Gasteiger partial charge >= 0.3 is 16.5 Å². The molecule has 6 aromatic carbocycles. The van der Waals surface area contributed by atoms with Crippen molar-refractivity contribution < 1.29 is 73.3 Å². The molecule has 0 aromatic heterocycles. The van der Waals surface area contributed by atoms with Gasteiger partial charge in [0.1, 0.15) is 17.8 Å². The Morgan fingerprint density at radius 2 is 1.07 bits per heavy atom. The van der Waals surface area contributed by atoms with E-state index in [1.807, 2.05) is 6.07 Å². The van der Waals surface area contributed by atoms with E-state index in [-0.39, 0.29) is 79.8 Å². The third-order valence-corrected chi connectivity index (χ3v) is 14.6. The summed E-state index contributed by atoms with van der Waals surface area (Å²) in [6.45, 7) is -0.253. The van der Waals surface area contributed by atoms with Crippen LogP contribution in [0.4, 0.5) is 39.5 Å². The van der Waals surface area contributed by atoms with Crippen LogP contribution in [0.25, 0.3) is 6.08 Å². The minimum Gasteiger partial charge on any atom is -0.495 e. The second kappa shape index (κ2) is 25.8. The number of aliphatic hydroxyl groups excluding tert-OH is 1. The minimum absolute atomic E-state index is 0.0127. The summed E-state index contributed by atoms with van der Waals surface area (Å²) in [6.07, 6.45) is 5.09. The molecule has 9 rings (SSSR count). The Kier molecular flexibility index (Phi) is 20.3. The highest BCUT2D eigenvalue weighted by Gasteiger charge is 2.34. The maximum absolute atomic E-state index is 12.6. The van der Waals surface area contributed by atoms with Gasteiger partial charge in [-0.15, -0.1) is 0 Å². The van der Waals surface area contributed by atoms with Crippen LogP contribution in [0.1, 0.15) is 81.2 Å². The van der Waals surface area contributed by atoms with Crippen LogP contribution in [0.2, 0.25) is 15.1 Å². The summed E-state index contributed by atoms with van der Waals surface area (Å²) in [5.74, 6) is 0.844. The van der Waals surface area contributed by atoms with Gasteiger partial charge in [0.2, 0.25) is 0 Å². The van der Waals surface area contributed by atoms with Crippen molar-refractivity contribution in [2.45, 2.75) is 69.9 Å². The fourth-order valence-corrected chi connectivity index (χ4v) is 10.4. The molecule has 0 radical (unpaired) electrons. The molecule has 0 amide bonds. The number of fused-ring (bicyclic) bond motifs is 3. The molecule has 1 N–H and O–H groups in total. The Hall–Kier alpha value is -5.41. The molecule has 0 bridgehead atoms. The molecule has 76 heavy (non-hydrogen) atoms. The standard InChI is InChI=1S/C18H14ClF3O2S.C18H12ClF3O2S.C10H9ClO2.C8H5F3OS/c1-24-16-9-14-11(8-15(16)19)7-12(17(14)23)6-10-2-4-13(5-3-10)25-18(20,21)22;19-16-8-11-6-12(17(24)15(11)7-13(16)9-23)5-10-1-3-14(4-2-10)25-18(20,21)22;1-13-10-5-7-6(4-8(10)11)2-3-9(7)12;9-8(10,11)13-7-3-1-6(5-12)2-4-7/h2-5,8-9,12H,6-7H2,1H3;1-5,7-8,23H,6,9H2;4-5H,2-3H2,1H3;1-5H/b;12-5+;;. The number of carbonyl (C=O) groups excluding carboxylic acids is 4. The smallest absolute Gasteiger partial charge is 0.446 e. The number of allylic oxidation sites excluding steroid dienone is 1. The maximum Gasteiger partial charge on any atom is 0.446 e. The summed E-state index contributed by atoms with van der Waals surface area (Å²) in [7, 11) is 3.04. The monoisotopic (exact) mass is 1170 g/mol. The van der Waals surface area contributed by atoms with Gasteiger partial charge in [0.25, 0.3) is 0 Å². The van der Waals surface area contributed by atoms with Gasteiger partial charge in [-0.2, -0.15) is 39.5 Å². The summed E-state index contributed by atoms with van der Waals surface area (Å²) in [5.41, 5.74) is -5.46. The second-order valence-corrected chi connectivity index (χ2v) is 21.3. The van der Waals surface area contributed by atoms with E-state index < -0.39 is 16.5 Å². The number of hydrogen-bond acceptors (Lipinski definition) is 10. The van der Waals surface area contributed by atoms with Gasteiger partial charge in [0.05, 0.1) is 30.9 Å². The number of aryl methyl sites for hydroxylation is 1. The molecule has 1 unspecified atom stereocenters. The maximum atomic E-state index is 12.6. The van der Waals surface area contributed by atoms with Crippen LogP contribution in [0, 0.1) is 5.92 Å². The van der Waals surface area contributed by atoms with Gasteiger partial charge in [-0.05, 0) is 167 Å². The Bertz CT molecular complexity index is 3130. The van der Waals surface area contributed by atoms with Crippen LogP contribution >= 0.6 is 70.1 Å². The number of ketones is 3. The summed E-state index contributed by atoms with van der Waals surface area (Å²) >= 11 is 17.6. The molecule has 0 saturated heterocycles. The topological polar surface area (TPSA) is 107 Å². The number of rotatable bonds is 10. The fourth-order valence-electron chi connectivity index (χ4n) is 8.03. The van der Waals surface area contributed by atoms with Gasteiger partial charge in [0.15, 0.2) is 17.3 Å². The van der Waals surface area contributed by atoms with Gasteiger partial charge in [-0.25, -0.2) is 0 Å². The average molecular weight is 1170 g/mol. The minimum atomic E-state index is -4.33. The zero-order chi connectivity index (χ0) is 55.7. The molecule has 7 nitrogen and oxygen atoms in total. The van der Waals surface area contributed by atoms with Crippen molar-refractivity contribution in [2.24, 2.45) is 5.92 Å². The number of halogens is 12. The van der Waals surface area contributed by atoms with Crippen molar-refractivity contribution in [3.05, 3.63) is 185 Å². The summed E-state index contributed by atoms with van der Waals surface area (Å²) in [4.78, 5) is 46.9. The molecule has 6 aromatic rings. The number of aliphatic hydroxyl groups is 1. The van der Waals surface area contributed by atoms with E-state index >= 15 is 0 Å². The highest BCUT2D eigenvalue weighted by molar-refractivity contribution is 8.00. The molecule has 0 heterocycles. The molecular weight excluding hydrogens is 1130 g/mol. The van der Waals surface area contributed by atoms with Crippen LogP contribution in [-0.2, 0) is 32.3 Å². The van der Waals surface area contributed by atoms with E-state index in [0.29, 0.717) is 91.9 Å². The zero-order valence-electron chi connectivity index (χ0n) is 39.5. The average Bonchev–Trinajstić information content (AvgIpc) is 3.98. The molecule has 0 spiro atoms. The summed E-state index contributed by atoms with van der Waals surface area (Å²) in [6, 6.07) is 27.4. The summed E-state index contributed by atoms with van der Waals surface area (Å²) in [5, 5.41) is 10.7. The van der Waals surface area contributed by atoms with Crippen LogP contribution < -0.4 is 9.47 Å². The SMILES string of the molecule is COc1cc2c(cc1Cl)CC(Cc1ccc(SC(F)(F)F)cc1)C2=O.COc1cc2c(cc1Cl)CCC2=O.O=C1/C(=C/c2ccc(SC(F)(F)F)cc2)Cc2cc(Cl)c(CO)cc21.O=Cc1ccc(SC(F)(F)F)cc1. The van der Waals surface area contributed by atoms with Crippen molar-refractivity contribution in [1.29, 1.82) is 0 Å². The predicted molar refractivity (Wildman–Crippen MR) is 278 cm³/mol.